The number of likely N-dealkylation sites (tertiary alicyclic amines) is 1. The zero-order valence-corrected chi connectivity index (χ0v) is 13.8. The highest BCUT2D eigenvalue weighted by atomic mass is 16.5. The molecule has 0 aromatic carbocycles. The van der Waals surface area contributed by atoms with E-state index < -0.39 is 12.2 Å². The van der Waals surface area contributed by atoms with Crippen LogP contribution in [0.4, 0.5) is 0 Å². The van der Waals surface area contributed by atoms with Gasteiger partial charge in [-0.3, -0.25) is 9.80 Å². The Kier molecular flexibility index (Phi) is 5.66. The number of hydrogen-bond donors (Lipinski definition) is 3. The van der Waals surface area contributed by atoms with Gasteiger partial charge in [-0.1, -0.05) is 0 Å². The molecule has 23 heavy (non-hydrogen) atoms. The maximum Gasteiger partial charge on any atom is 0.120 e. The highest BCUT2D eigenvalue weighted by Gasteiger charge is 2.35. The predicted octanol–water partition coefficient (Wildman–Crippen LogP) is -0.326. The van der Waals surface area contributed by atoms with Crippen molar-refractivity contribution >= 4 is 0 Å². The summed E-state index contributed by atoms with van der Waals surface area (Å²) in [6.45, 7) is 4.70. The van der Waals surface area contributed by atoms with Gasteiger partial charge in [0.25, 0.3) is 0 Å². The molecule has 0 unspecified atom stereocenters. The zero-order valence-electron chi connectivity index (χ0n) is 13.8. The molecule has 0 radical (unpaired) electrons. The molecule has 0 aliphatic carbocycles. The zero-order chi connectivity index (χ0) is 16.2. The molecular formula is C16H28N4O3. The number of imidazole rings is 1. The molecule has 0 bridgehead atoms. The molecule has 3 rings (SSSR count). The minimum absolute atomic E-state index is 0.111. The molecule has 2 fully saturated rings. The van der Waals surface area contributed by atoms with Crippen molar-refractivity contribution in [3.8, 4) is 0 Å². The largest absolute Gasteiger partial charge is 0.389 e. The first-order valence-corrected chi connectivity index (χ1v) is 8.48. The minimum Gasteiger partial charge on any atom is -0.389 e. The van der Waals surface area contributed by atoms with Gasteiger partial charge in [-0.2, -0.15) is 0 Å². The second kappa shape index (κ2) is 7.72. The summed E-state index contributed by atoms with van der Waals surface area (Å²) in [6.07, 6.45) is 4.47. The summed E-state index contributed by atoms with van der Waals surface area (Å²) in [4.78, 5) is 12.0. The van der Waals surface area contributed by atoms with Gasteiger partial charge in [0, 0.05) is 18.9 Å². The smallest absolute Gasteiger partial charge is 0.120 e. The Morgan fingerprint density at radius 2 is 2.13 bits per heavy atom. The van der Waals surface area contributed by atoms with Crippen LogP contribution < -0.4 is 0 Å². The lowest BCUT2D eigenvalue weighted by atomic mass is 9.94. The SMILES string of the molecule is CN(CC1CCN(Cc2ncc[nH]2)CC1)[C@@H]1COC[C@@H](O)[C@H]1O. The van der Waals surface area contributed by atoms with E-state index >= 15 is 0 Å². The van der Waals surface area contributed by atoms with E-state index in [-0.39, 0.29) is 12.6 Å². The molecule has 3 heterocycles. The number of aromatic nitrogens is 2. The Labute approximate surface area is 137 Å². The summed E-state index contributed by atoms with van der Waals surface area (Å²) >= 11 is 0. The Morgan fingerprint density at radius 1 is 1.35 bits per heavy atom. The molecule has 7 nitrogen and oxygen atoms in total. The molecule has 2 aliphatic rings. The first-order valence-electron chi connectivity index (χ1n) is 8.48. The normalized spacial score (nSPS) is 30.9. The van der Waals surface area contributed by atoms with Crippen molar-refractivity contribution in [1.82, 2.24) is 19.8 Å². The quantitative estimate of drug-likeness (QED) is 0.688. The van der Waals surface area contributed by atoms with Crippen molar-refractivity contribution in [1.29, 1.82) is 0 Å². The highest BCUT2D eigenvalue weighted by Crippen LogP contribution is 2.22. The lowest BCUT2D eigenvalue weighted by Crippen LogP contribution is -2.56. The summed E-state index contributed by atoms with van der Waals surface area (Å²) in [6, 6.07) is -0.111. The van der Waals surface area contributed by atoms with Crippen LogP contribution in [0.25, 0.3) is 0 Å². The van der Waals surface area contributed by atoms with Gasteiger partial charge in [0.2, 0.25) is 0 Å². The van der Waals surface area contributed by atoms with Crippen molar-refractivity contribution in [2.24, 2.45) is 5.92 Å². The number of aliphatic hydroxyl groups excluding tert-OH is 2. The van der Waals surface area contributed by atoms with Crippen molar-refractivity contribution in [3.05, 3.63) is 18.2 Å². The van der Waals surface area contributed by atoms with Crippen LogP contribution in [0.2, 0.25) is 0 Å². The van der Waals surface area contributed by atoms with Crippen LogP contribution >= 0.6 is 0 Å². The molecule has 3 atom stereocenters. The molecule has 1 aromatic heterocycles. The first-order chi connectivity index (χ1) is 11.1. The molecule has 130 valence electrons. The molecule has 0 amide bonds. The fourth-order valence-corrected chi connectivity index (χ4v) is 3.62. The fraction of sp³-hybridized carbons (Fsp3) is 0.812. The van der Waals surface area contributed by atoms with E-state index in [0.29, 0.717) is 12.5 Å². The first kappa shape index (κ1) is 16.9. The third kappa shape index (κ3) is 4.30. The van der Waals surface area contributed by atoms with E-state index in [4.69, 9.17) is 4.74 Å². The number of piperidine rings is 1. The molecule has 0 spiro atoms. The second-order valence-corrected chi connectivity index (χ2v) is 6.86. The van der Waals surface area contributed by atoms with E-state index in [2.05, 4.69) is 19.8 Å². The monoisotopic (exact) mass is 324 g/mol. The maximum absolute atomic E-state index is 10.1. The van der Waals surface area contributed by atoms with E-state index in [1.807, 2.05) is 13.2 Å². The summed E-state index contributed by atoms with van der Waals surface area (Å²) in [5, 5.41) is 19.9. The van der Waals surface area contributed by atoms with E-state index in [9.17, 15) is 10.2 Å². The van der Waals surface area contributed by atoms with E-state index in [1.165, 1.54) is 0 Å². The molecular weight excluding hydrogens is 296 g/mol. The Balaban J connectivity index is 1.43. The van der Waals surface area contributed by atoms with Gasteiger partial charge in [-0.25, -0.2) is 4.98 Å². The van der Waals surface area contributed by atoms with Gasteiger partial charge in [-0.15, -0.1) is 0 Å². The van der Waals surface area contributed by atoms with E-state index in [0.717, 1.165) is 44.8 Å². The van der Waals surface area contributed by atoms with Crippen molar-refractivity contribution in [2.45, 2.75) is 37.6 Å². The number of H-pyrrole nitrogens is 1. The number of nitrogens with one attached hydrogen (secondary N) is 1. The number of nitrogens with zero attached hydrogens (tertiary/aromatic N) is 3. The van der Waals surface area contributed by atoms with Gasteiger partial charge in [0.15, 0.2) is 0 Å². The highest BCUT2D eigenvalue weighted by molar-refractivity contribution is 4.89. The van der Waals surface area contributed by atoms with Crippen LogP contribution in [0.3, 0.4) is 0 Å². The summed E-state index contributed by atoms with van der Waals surface area (Å²) in [7, 11) is 2.02. The summed E-state index contributed by atoms with van der Waals surface area (Å²) in [5.74, 6) is 1.65. The van der Waals surface area contributed by atoms with Crippen molar-refractivity contribution < 1.29 is 14.9 Å². The number of aromatic amines is 1. The second-order valence-electron chi connectivity index (χ2n) is 6.86. The van der Waals surface area contributed by atoms with Crippen LogP contribution in [0.5, 0.6) is 0 Å². The molecule has 3 N–H and O–H groups in total. The minimum atomic E-state index is -0.772. The molecule has 7 heteroatoms. The average Bonchev–Trinajstić information content (AvgIpc) is 3.05. The van der Waals surface area contributed by atoms with Crippen molar-refractivity contribution in [2.75, 3.05) is 39.9 Å². The van der Waals surface area contributed by atoms with Crippen LogP contribution in [0.15, 0.2) is 12.4 Å². The fourth-order valence-electron chi connectivity index (χ4n) is 3.62. The van der Waals surface area contributed by atoms with Crippen LogP contribution in [-0.4, -0.2) is 88.1 Å². The number of hydrogen-bond acceptors (Lipinski definition) is 6. The van der Waals surface area contributed by atoms with E-state index in [1.54, 1.807) is 6.20 Å². The Bertz CT molecular complexity index is 462. The van der Waals surface area contributed by atoms with Gasteiger partial charge >= 0.3 is 0 Å². The molecule has 0 saturated carbocycles. The lowest BCUT2D eigenvalue weighted by molar-refractivity contribution is -0.130. The summed E-state index contributed by atoms with van der Waals surface area (Å²) in [5.41, 5.74) is 0. The molecule has 1 aromatic rings. The number of likely N-dealkylation sites (N-methyl/N-ethyl adjacent to an activating group) is 1. The standard InChI is InChI=1S/C16H28N4O3/c1-19(13-10-23-11-14(21)16(13)22)8-12-2-6-20(7-3-12)9-15-17-4-5-18-15/h4-5,12-14,16,21-22H,2-3,6-11H2,1H3,(H,17,18)/t13-,14-,16+/m1/s1. The lowest BCUT2D eigenvalue weighted by Gasteiger charge is -2.40. The van der Waals surface area contributed by atoms with Crippen molar-refractivity contribution in [3.63, 3.8) is 0 Å². The average molecular weight is 324 g/mol. The number of ether oxygens (including phenoxy) is 1. The Morgan fingerprint density at radius 3 is 2.83 bits per heavy atom. The van der Waals surface area contributed by atoms with Crippen LogP contribution in [0, 0.1) is 5.92 Å². The number of rotatable bonds is 5. The van der Waals surface area contributed by atoms with Gasteiger partial charge in [-0.05, 0) is 38.9 Å². The van der Waals surface area contributed by atoms with Crippen LogP contribution in [-0.2, 0) is 11.3 Å². The third-order valence-corrected chi connectivity index (χ3v) is 5.11. The molecule has 2 aliphatic heterocycles. The number of aliphatic hydroxyl groups is 2. The van der Waals surface area contributed by atoms with Gasteiger partial charge < -0.3 is 19.9 Å². The Hall–Kier alpha value is -0.990. The predicted molar refractivity (Wildman–Crippen MR) is 85.8 cm³/mol. The van der Waals surface area contributed by atoms with Crippen LogP contribution in [0.1, 0.15) is 18.7 Å². The molecule has 2 saturated heterocycles. The maximum atomic E-state index is 10.1. The van der Waals surface area contributed by atoms with Gasteiger partial charge in [0.1, 0.15) is 11.9 Å². The van der Waals surface area contributed by atoms with Gasteiger partial charge in [0.05, 0.1) is 31.9 Å². The topological polar surface area (TPSA) is 84.9 Å². The summed E-state index contributed by atoms with van der Waals surface area (Å²) < 4.78 is 5.38. The third-order valence-electron chi connectivity index (χ3n) is 5.11.